The normalized spacial score (nSPS) is 27.1. The minimum atomic E-state index is -0.0826. The predicted molar refractivity (Wildman–Crippen MR) is 178 cm³/mol. The maximum atomic E-state index is 5.86. The van der Waals surface area contributed by atoms with Crippen molar-refractivity contribution in [1.82, 2.24) is 0 Å². The van der Waals surface area contributed by atoms with E-state index in [1.807, 2.05) is 0 Å². The third kappa shape index (κ3) is 4.83. The highest BCUT2D eigenvalue weighted by Crippen LogP contribution is 2.72. The van der Waals surface area contributed by atoms with E-state index in [1.54, 1.807) is 42.7 Å². The molecule has 6 nitrogen and oxygen atoms in total. The second kappa shape index (κ2) is 11.4. The smallest absolute Gasteiger partial charge is 0.174 e. The van der Waals surface area contributed by atoms with E-state index in [4.69, 9.17) is 28.4 Å². The molecule has 230 valence electrons. The SMILES string of the molecule is COc1cc(C23CC4CC(c5cc(Br)c(OC)c(OC)c5)(C2)CC(c2cc(Br)c(OC)c(OC)c2)(C4)C3)cc(Br)c1OC. The third-order valence-electron chi connectivity index (χ3n) is 10.2. The van der Waals surface area contributed by atoms with Crippen LogP contribution in [0.25, 0.3) is 0 Å². The Labute approximate surface area is 279 Å². The van der Waals surface area contributed by atoms with Crippen molar-refractivity contribution in [2.75, 3.05) is 42.7 Å². The maximum Gasteiger partial charge on any atom is 0.174 e. The quantitative estimate of drug-likeness (QED) is 0.216. The van der Waals surface area contributed by atoms with Crippen LogP contribution in [0.2, 0.25) is 0 Å². The number of methoxy groups -OCH3 is 6. The lowest BCUT2D eigenvalue weighted by atomic mass is 9.36. The molecular formula is C34H37Br3O6. The Morgan fingerprint density at radius 3 is 0.977 bits per heavy atom. The van der Waals surface area contributed by atoms with Crippen molar-refractivity contribution in [3.8, 4) is 34.5 Å². The predicted octanol–water partition coefficient (Wildman–Crippen LogP) is 9.14. The van der Waals surface area contributed by atoms with Crippen LogP contribution in [0.3, 0.4) is 0 Å². The van der Waals surface area contributed by atoms with Gasteiger partial charge in [0.1, 0.15) is 0 Å². The second-order valence-electron chi connectivity index (χ2n) is 12.4. The van der Waals surface area contributed by atoms with Gasteiger partial charge in [0, 0.05) is 0 Å². The highest BCUT2D eigenvalue weighted by Gasteiger charge is 2.65. The van der Waals surface area contributed by atoms with Crippen LogP contribution in [0, 0.1) is 5.92 Å². The largest absolute Gasteiger partial charge is 0.493 e. The van der Waals surface area contributed by atoms with Crippen LogP contribution >= 0.6 is 47.8 Å². The summed E-state index contributed by atoms with van der Waals surface area (Å²) in [7, 11) is 10.2. The Kier molecular flexibility index (Phi) is 8.17. The van der Waals surface area contributed by atoms with Gasteiger partial charge in [-0.05, 0) is 162 Å². The first-order valence-corrected chi connectivity index (χ1v) is 16.7. The number of ether oxygens (including phenoxy) is 6. The van der Waals surface area contributed by atoms with Crippen LogP contribution in [0.5, 0.6) is 34.5 Å². The molecule has 9 heteroatoms. The summed E-state index contributed by atoms with van der Waals surface area (Å²) in [5, 5.41) is 0. The van der Waals surface area contributed by atoms with Crippen molar-refractivity contribution in [2.45, 2.75) is 54.8 Å². The van der Waals surface area contributed by atoms with E-state index in [0.717, 1.165) is 69.2 Å². The highest BCUT2D eigenvalue weighted by atomic mass is 79.9. The molecule has 3 aromatic carbocycles. The Hall–Kier alpha value is -2.10. The summed E-state index contributed by atoms with van der Waals surface area (Å²) in [6.07, 6.45) is 6.45. The van der Waals surface area contributed by atoms with Crippen LogP contribution in [-0.2, 0) is 16.2 Å². The first-order valence-electron chi connectivity index (χ1n) is 14.4. The molecule has 0 saturated heterocycles. The van der Waals surface area contributed by atoms with Crippen LogP contribution in [0.1, 0.15) is 55.2 Å². The Bertz CT molecular complexity index is 1380. The Morgan fingerprint density at radius 2 is 0.744 bits per heavy atom. The Balaban J connectivity index is 1.60. The monoisotopic (exact) mass is 778 g/mol. The lowest BCUT2D eigenvalue weighted by Gasteiger charge is -2.67. The molecule has 0 N–H and O–H groups in total. The van der Waals surface area contributed by atoms with E-state index in [2.05, 4.69) is 84.2 Å². The molecule has 0 aromatic heterocycles. The second-order valence-corrected chi connectivity index (χ2v) is 15.0. The molecule has 3 aromatic rings. The molecular weight excluding hydrogens is 744 g/mol. The average Bonchev–Trinajstić information content (AvgIpc) is 2.98. The van der Waals surface area contributed by atoms with E-state index >= 15 is 0 Å². The van der Waals surface area contributed by atoms with E-state index in [9.17, 15) is 0 Å². The first-order chi connectivity index (χ1) is 20.6. The lowest BCUT2D eigenvalue weighted by molar-refractivity contribution is -0.0496. The summed E-state index contributed by atoms with van der Waals surface area (Å²) in [6.45, 7) is 0. The van der Waals surface area contributed by atoms with Gasteiger partial charge in [0.05, 0.1) is 56.1 Å². The van der Waals surface area contributed by atoms with Gasteiger partial charge in [0.25, 0.3) is 0 Å². The molecule has 4 saturated carbocycles. The Morgan fingerprint density at radius 1 is 0.465 bits per heavy atom. The molecule has 4 bridgehead atoms. The molecule has 0 aliphatic heterocycles. The molecule has 4 aliphatic rings. The fourth-order valence-corrected chi connectivity index (χ4v) is 10.9. The first kappa shape index (κ1) is 30.9. The molecule has 0 amide bonds. The zero-order valence-electron chi connectivity index (χ0n) is 25.4. The van der Waals surface area contributed by atoms with Gasteiger partial charge in [-0.25, -0.2) is 0 Å². The van der Waals surface area contributed by atoms with Crippen molar-refractivity contribution in [3.05, 3.63) is 66.5 Å². The van der Waals surface area contributed by atoms with Gasteiger partial charge in [-0.15, -0.1) is 0 Å². The van der Waals surface area contributed by atoms with Crippen LogP contribution in [-0.4, -0.2) is 42.7 Å². The minimum absolute atomic E-state index is 0.0826. The molecule has 0 unspecified atom stereocenters. The van der Waals surface area contributed by atoms with Crippen molar-refractivity contribution in [1.29, 1.82) is 0 Å². The highest BCUT2D eigenvalue weighted by molar-refractivity contribution is 9.11. The van der Waals surface area contributed by atoms with Gasteiger partial charge in [0.15, 0.2) is 34.5 Å². The number of hydrogen-bond donors (Lipinski definition) is 0. The van der Waals surface area contributed by atoms with Gasteiger partial charge in [-0.3, -0.25) is 0 Å². The fourth-order valence-electron chi connectivity index (χ4n) is 9.08. The number of benzene rings is 3. The summed E-state index contributed by atoms with van der Waals surface area (Å²) in [5.74, 6) is 4.91. The van der Waals surface area contributed by atoms with Crippen LogP contribution in [0.4, 0.5) is 0 Å². The van der Waals surface area contributed by atoms with Gasteiger partial charge in [-0.2, -0.15) is 0 Å². The molecule has 0 heterocycles. The summed E-state index contributed by atoms with van der Waals surface area (Å²) in [5.41, 5.74) is 3.61. The maximum absolute atomic E-state index is 5.86. The zero-order chi connectivity index (χ0) is 30.7. The van der Waals surface area contributed by atoms with Crippen molar-refractivity contribution in [2.24, 2.45) is 5.92 Å². The fraction of sp³-hybridized carbons (Fsp3) is 0.471. The van der Waals surface area contributed by atoms with E-state index in [-0.39, 0.29) is 16.2 Å². The van der Waals surface area contributed by atoms with Crippen LogP contribution < -0.4 is 28.4 Å². The zero-order valence-corrected chi connectivity index (χ0v) is 30.1. The van der Waals surface area contributed by atoms with Crippen molar-refractivity contribution < 1.29 is 28.4 Å². The molecule has 4 fully saturated rings. The van der Waals surface area contributed by atoms with Crippen molar-refractivity contribution >= 4 is 47.8 Å². The minimum Gasteiger partial charge on any atom is -0.493 e. The van der Waals surface area contributed by atoms with E-state index in [1.165, 1.54) is 16.7 Å². The van der Waals surface area contributed by atoms with Gasteiger partial charge < -0.3 is 28.4 Å². The summed E-state index contributed by atoms with van der Waals surface area (Å²) < 4.78 is 37.4. The molecule has 0 spiro atoms. The molecule has 0 atom stereocenters. The van der Waals surface area contributed by atoms with Gasteiger partial charge >= 0.3 is 0 Å². The van der Waals surface area contributed by atoms with E-state index in [0.29, 0.717) is 23.2 Å². The van der Waals surface area contributed by atoms with Crippen LogP contribution in [0.15, 0.2) is 49.8 Å². The van der Waals surface area contributed by atoms with Gasteiger partial charge in [0.2, 0.25) is 0 Å². The molecule has 7 rings (SSSR count). The molecule has 43 heavy (non-hydrogen) atoms. The summed E-state index contributed by atoms with van der Waals surface area (Å²) >= 11 is 11.4. The third-order valence-corrected chi connectivity index (χ3v) is 12.0. The average molecular weight is 781 g/mol. The topological polar surface area (TPSA) is 55.4 Å². The number of hydrogen-bond acceptors (Lipinski definition) is 6. The molecule has 0 radical (unpaired) electrons. The number of halogens is 3. The summed E-state index contributed by atoms with van der Waals surface area (Å²) in [4.78, 5) is 0. The van der Waals surface area contributed by atoms with Gasteiger partial charge in [-0.1, -0.05) is 0 Å². The standard InChI is InChI=1S/C34H37Br3O6/c1-38-26-10-20(7-23(35)29(26)41-4)32-13-19-14-33(16-32,21-8-24(36)30(42-5)27(11-21)39-2)18-34(15-19,17-32)22-9-25(37)31(43-6)28(12-22)40-3/h7-12,19H,13-18H2,1-6H3. The van der Waals surface area contributed by atoms with Crippen molar-refractivity contribution in [3.63, 3.8) is 0 Å². The number of rotatable bonds is 9. The molecule has 4 aliphatic carbocycles. The lowest BCUT2D eigenvalue weighted by Crippen LogP contribution is -2.62. The summed E-state index contributed by atoms with van der Waals surface area (Å²) in [6, 6.07) is 13.4. The van der Waals surface area contributed by atoms with E-state index < -0.39 is 0 Å².